The summed E-state index contributed by atoms with van der Waals surface area (Å²) < 4.78 is 12.4. The molecule has 2 heterocycles. The van der Waals surface area contributed by atoms with Crippen LogP contribution in [0.5, 0.6) is 17.2 Å². The molecule has 1 N–H and O–H groups in total. The predicted octanol–water partition coefficient (Wildman–Crippen LogP) is 4.83. The zero-order chi connectivity index (χ0) is 25.7. The molecule has 0 aliphatic carbocycles. The van der Waals surface area contributed by atoms with Crippen molar-refractivity contribution < 1.29 is 24.1 Å². The zero-order valence-corrected chi connectivity index (χ0v) is 18.9. The quantitative estimate of drug-likeness (QED) is 0.245. The molecule has 0 aliphatic rings. The summed E-state index contributed by atoms with van der Waals surface area (Å²) in [4.78, 5) is 37.5. The summed E-state index contributed by atoms with van der Waals surface area (Å²) in [5.41, 5.74) is -0.336. The maximum Gasteiger partial charge on any atom is 0.276 e. The molecule has 0 spiro atoms. The van der Waals surface area contributed by atoms with Gasteiger partial charge in [-0.25, -0.2) is 4.68 Å². The number of non-ortho nitro benzene ring substituents is 2. The maximum atomic E-state index is 12.7. The van der Waals surface area contributed by atoms with E-state index in [0.717, 1.165) is 6.07 Å². The number of carbonyl (C=O) groups excluding carboxylic acids is 1. The Labute approximate surface area is 207 Å². The normalized spacial score (nSPS) is 10.5. The molecule has 0 atom stereocenters. The first kappa shape index (κ1) is 24.1. The molecule has 36 heavy (non-hydrogen) atoms. The molecule has 182 valence electrons. The number of nitrogens with zero attached hydrogens (tertiary/aromatic N) is 5. The van der Waals surface area contributed by atoms with Crippen LogP contribution in [0.15, 0.2) is 73.2 Å². The highest BCUT2D eigenvalue weighted by atomic mass is 35.5. The third-order valence-corrected chi connectivity index (χ3v) is 4.88. The van der Waals surface area contributed by atoms with Crippen molar-refractivity contribution in [1.82, 2.24) is 14.8 Å². The number of anilines is 1. The predicted molar refractivity (Wildman–Crippen MR) is 126 cm³/mol. The van der Waals surface area contributed by atoms with E-state index in [1.165, 1.54) is 53.5 Å². The van der Waals surface area contributed by atoms with E-state index in [1.54, 1.807) is 18.3 Å². The van der Waals surface area contributed by atoms with Gasteiger partial charge in [-0.3, -0.25) is 30.0 Å². The van der Waals surface area contributed by atoms with E-state index in [-0.39, 0.29) is 46.0 Å². The molecule has 0 saturated carbocycles. The minimum atomic E-state index is -0.630. The zero-order valence-electron chi connectivity index (χ0n) is 18.1. The van der Waals surface area contributed by atoms with Crippen LogP contribution in [0, 0.1) is 20.2 Å². The maximum absolute atomic E-state index is 12.7. The molecule has 0 unspecified atom stereocenters. The van der Waals surface area contributed by atoms with E-state index in [0.29, 0.717) is 5.75 Å². The molecule has 0 bridgehead atoms. The van der Waals surface area contributed by atoms with Crippen LogP contribution in [-0.2, 0) is 6.73 Å². The summed E-state index contributed by atoms with van der Waals surface area (Å²) in [6.07, 6.45) is 4.46. The summed E-state index contributed by atoms with van der Waals surface area (Å²) in [6, 6.07) is 12.3. The highest BCUT2D eigenvalue weighted by molar-refractivity contribution is 6.32. The number of aromatic nitrogens is 3. The van der Waals surface area contributed by atoms with E-state index >= 15 is 0 Å². The summed E-state index contributed by atoms with van der Waals surface area (Å²) in [6.45, 7) is -0.134. The Morgan fingerprint density at radius 1 is 1.03 bits per heavy atom. The third kappa shape index (κ3) is 5.90. The molecule has 0 saturated heterocycles. The number of pyridine rings is 1. The van der Waals surface area contributed by atoms with Gasteiger partial charge < -0.3 is 14.8 Å². The molecule has 2 aromatic carbocycles. The second kappa shape index (κ2) is 10.5. The van der Waals surface area contributed by atoms with Crippen LogP contribution in [0.1, 0.15) is 10.5 Å². The van der Waals surface area contributed by atoms with Gasteiger partial charge in [0, 0.05) is 36.7 Å². The lowest BCUT2D eigenvalue weighted by atomic mass is 10.2. The Balaban J connectivity index is 1.44. The number of benzene rings is 2. The average molecular weight is 511 g/mol. The molecule has 0 aliphatic heterocycles. The van der Waals surface area contributed by atoms with Crippen LogP contribution in [0.25, 0.3) is 0 Å². The van der Waals surface area contributed by atoms with Gasteiger partial charge in [0.15, 0.2) is 12.4 Å². The Hall–Kier alpha value is -5.04. The second-order valence-corrected chi connectivity index (χ2v) is 7.51. The lowest BCUT2D eigenvalue weighted by Gasteiger charge is -2.09. The van der Waals surface area contributed by atoms with Crippen molar-refractivity contribution >= 4 is 34.6 Å². The number of carbonyl (C=O) groups is 1. The first-order chi connectivity index (χ1) is 17.3. The number of nitrogens with one attached hydrogen (secondary N) is 1. The highest BCUT2D eigenvalue weighted by Crippen LogP contribution is 2.30. The smallest absolute Gasteiger partial charge is 0.276 e. The lowest BCUT2D eigenvalue weighted by molar-refractivity contribution is -0.385. The SMILES string of the molecule is O=C(Nc1cc(Oc2cccnc2)cc([N+](=O)[O-])c1)c1ccn(COc2ccc([N+](=O)[O-])cc2Cl)n1. The van der Waals surface area contributed by atoms with Crippen molar-refractivity contribution in [2.24, 2.45) is 0 Å². The number of nitro benzene ring substituents is 2. The van der Waals surface area contributed by atoms with Crippen molar-refractivity contribution in [3.05, 3.63) is 104 Å². The van der Waals surface area contributed by atoms with Crippen LogP contribution in [-0.4, -0.2) is 30.5 Å². The minimum Gasteiger partial charge on any atom is -0.470 e. The van der Waals surface area contributed by atoms with E-state index in [4.69, 9.17) is 21.1 Å². The molecule has 4 aromatic rings. The topological polar surface area (TPSA) is 165 Å². The van der Waals surface area contributed by atoms with Gasteiger partial charge in [0.05, 0.1) is 32.8 Å². The number of halogens is 1. The number of hydrogen-bond acceptors (Lipinski definition) is 9. The van der Waals surface area contributed by atoms with Gasteiger partial charge in [0.2, 0.25) is 0 Å². The molecule has 0 radical (unpaired) electrons. The second-order valence-electron chi connectivity index (χ2n) is 7.10. The van der Waals surface area contributed by atoms with Crippen molar-refractivity contribution in [2.75, 3.05) is 5.32 Å². The Bertz CT molecular complexity index is 1440. The van der Waals surface area contributed by atoms with Crippen LogP contribution >= 0.6 is 11.6 Å². The molecule has 1 amide bonds. The summed E-state index contributed by atoms with van der Waals surface area (Å²) in [5, 5.41) is 28.8. The Morgan fingerprint density at radius 2 is 1.83 bits per heavy atom. The fourth-order valence-corrected chi connectivity index (χ4v) is 3.20. The van der Waals surface area contributed by atoms with Gasteiger partial charge in [-0.2, -0.15) is 5.10 Å². The number of rotatable bonds is 9. The van der Waals surface area contributed by atoms with Crippen LogP contribution in [0.3, 0.4) is 0 Å². The molecule has 14 heteroatoms. The van der Waals surface area contributed by atoms with Crippen LogP contribution < -0.4 is 14.8 Å². The summed E-state index contributed by atoms with van der Waals surface area (Å²) in [7, 11) is 0. The van der Waals surface area contributed by atoms with Crippen molar-refractivity contribution in [1.29, 1.82) is 0 Å². The van der Waals surface area contributed by atoms with Crippen LogP contribution in [0.4, 0.5) is 17.1 Å². The fraction of sp³-hybridized carbons (Fsp3) is 0.0455. The van der Waals surface area contributed by atoms with Crippen molar-refractivity contribution in [3.8, 4) is 17.2 Å². The molecular formula is C22H15ClN6O7. The Morgan fingerprint density at radius 3 is 2.53 bits per heavy atom. The van der Waals surface area contributed by atoms with Gasteiger partial charge in [-0.05, 0) is 24.3 Å². The van der Waals surface area contributed by atoms with Gasteiger partial charge in [-0.15, -0.1) is 0 Å². The van der Waals surface area contributed by atoms with Crippen molar-refractivity contribution in [2.45, 2.75) is 6.73 Å². The van der Waals surface area contributed by atoms with E-state index in [1.807, 2.05) is 0 Å². The van der Waals surface area contributed by atoms with Gasteiger partial charge >= 0.3 is 0 Å². The highest BCUT2D eigenvalue weighted by Gasteiger charge is 2.16. The Kier molecular flexibility index (Phi) is 7.02. The number of hydrogen-bond donors (Lipinski definition) is 1. The molecular weight excluding hydrogens is 496 g/mol. The van der Waals surface area contributed by atoms with E-state index in [2.05, 4.69) is 15.4 Å². The minimum absolute atomic E-state index is 0.00892. The molecule has 2 aromatic heterocycles. The molecule has 4 rings (SSSR count). The first-order valence-corrected chi connectivity index (χ1v) is 10.5. The molecule has 0 fully saturated rings. The lowest BCUT2D eigenvalue weighted by Crippen LogP contribution is -2.14. The molecule has 13 nitrogen and oxygen atoms in total. The standard InChI is InChI=1S/C22H15ClN6O7/c23-19-11-15(28(31)32)3-4-21(19)35-13-27-7-5-20(26-27)22(30)25-14-8-16(29(33)34)10-18(9-14)36-17-2-1-6-24-12-17/h1-12H,13H2,(H,25,30). The first-order valence-electron chi connectivity index (χ1n) is 10.1. The summed E-state index contributed by atoms with van der Waals surface area (Å²) in [5.74, 6) is 0.0602. The number of amides is 1. The van der Waals surface area contributed by atoms with Crippen LogP contribution in [0.2, 0.25) is 5.02 Å². The largest absolute Gasteiger partial charge is 0.470 e. The van der Waals surface area contributed by atoms with Gasteiger partial charge in [0.1, 0.15) is 17.2 Å². The van der Waals surface area contributed by atoms with E-state index < -0.39 is 15.8 Å². The monoisotopic (exact) mass is 510 g/mol. The fourth-order valence-electron chi connectivity index (χ4n) is 2.97. The van der Waals surface area contributed by atoms with E-state index in [9.17, 15) is 25.0 Å². The third-order valence-electron chi connectivity index (χ3n) is 4.58. The number of nitro groups is 2. The van der Waals surface area contributed by atoms with Crippen molar-refractivity contribution in [3.63, 3.8) is 0 Å². The summed E-state index contributed by atoms with van der Waals surface area (Å²) >= 11 is 6.00. The number of ether oxygens (including phenoxy) is 2. The average Bonchev–Trinajstić information content (AvgIpc) is 3.33. The van der Waals surface area contributed by atoms with Gasteiger partial charge in [-0.1, -0.05) is 11.6 Å². The van der Waals surface area contributed by atoms with Gasteiger partial charge in [0.25, 0.3) is 17.3 Å².